The summed E-state index contributed by atoms with van der Waals surface area (Å²) in [6.45, 7) is 4.35. The van der Waals surface area contributed by atoms with E-state index >= 15 is 0 Å². The molecule has 1 aromatic rings. The van der Waals surface area contributed by atoms with Crippen molar-refractivity contribution in [1.82, 2.24) is 5.32 Å². The molecule has 6 heteroatoms. The Labute approximate surface area is 120 Å². The Morgan fingerprint density at radius 1 is 1.58 bits per heavy atom. The lowest BCUT2D eigenvalue weighted by Crippen LogP contribution is -2.44. The van der Waals surface area contributed by atoms with E-state index in [1.54, 1.807) is 12.1 Å². The van der Waals surface area contributed by atoms with E-state index in [4.69, 9.17) is 10.8 Å². The molecule has 1 atom stereocenters. The van der Waals surface area contributed by atoms with Gasteiger partial charge in [0, 0.05) is 23.0 Å². The van der Waals surface area contributed by atoms with Crippen molar-refractivity contribution in [1.29, 1.82) is 0 Å². The maximum absolute atomic E-state index is 13.8. The maximum atomic E-state index is 13.8. The molecule has 0 aromatic heterocycles. The average Bonchev–Trinajstić information content (AvgIpc) is 2.31. The van der Waals surface area contributed by atoms with Crippen LogP contribution in [-0.4, -0.2) is 30.2 Å². The first-order valence-corrected chi connectivity index (χ1v) is 6.68. The molecule has 1 unspecified atom stereocenters. The Morgan fingerprint density at radius 3 is 2.79 bits per heavy atom. The van der Waals surface area contributed by atoms with E-state index in [-0.39, 0.29) is 12.4 Å². The minimum absolute atomic E-state index is 0.147. The molecular formula is C13H18BrFN2O2. The number of nitrogens with two attached hydrogens (primary N) is 1. The van der Waals surface area contributed by atoms with Crippen LogP contribution in [0.4, 0.5) is 4.39 Å². The molecule has 0 heterocycles. The molecule has 1 rings (SSSR count). The highest BCUT2D eigenvalue weighted by Gasteiger charge is 2.24. The van der Waals surface area contributed by atoms with Gasteiger partial charge < -0.3 is 16.2 Å². The minimum Gasteiger partial charge on any atom is -0.480 e. The normalized spacial score (nSPS) is 13.3. The molecule has 0 saturated carbocycles. The summed E-state index contributed by atoms with van der Waals surface area (Å²) in [7, 11) is 0. The number of hydrogen-bond donors (Lipinski definition) is 3. The second kappa shape index (κ2) is 6.45. The predicted octanol–water partition coefficient (Wildman–Crippen LogP) is 1.87. The van der Waals surface area contributed by atoms with E-state index in [1.807, 2.05) is 13.8 Å². The highest BCUT2D eigenvalue weighted by atomic mass is 79.9. The topological polar surface area (TPSA) is 75.3 Å². The zero-order chi connectivity index (χ0) is 14.6. The predicted molar refractivity (Wildman–Crippen MR) is 75.6 cm³/mol. The van der Waals surface area contributed by atoms with E-state index in [2.05, 4.69) is 21.2 Å². The number of rotatable bonds is 6. The Balaban J connectivity index is 2.70. The number of carboxylic acid groups (broad SMARTS) is 1. The summed E-state index contributed by atoms with van der Waals surface area (Å²) >= 11 is 3.31. The first kappa shape index (κ1) is 16.1. The van der Waals surface area contributed by atoms with Crippen molar-refractivity contribution in [2.45, 2.75) is 25.3 Å². The summed E-state index contributed by atoms with van der Waals surface area (Å²) in [6.07, 6.45) is 0. The fourth-order valence-corrected chi connectivity index (χ4v) is 2.10. The van der Waals surface area contributed by atoms with Gasteiger partial charge in [0.05, 0.1) is 0 Å². The van der Waals surface area contributed by atoms with Crippen LogP contribution in [0.3, 0.4) is 0 Å². The quantitative estimate of drug-likeness (QED) is 0.743. The van der Waals surface area contributed by atoms with Crippen LogP contribution in [0.5, 0.6) is 0 Å². The molecule has 1 aromatic carbocycles. The van der Waals surface area contributed by atoms with Gasteiger partial charge in [-0.3, -0.25) is 4.79 Å². The molecule has 0 fully saturated rings. The van der Waals surface area contributed by atoms with Crippen LogP contribution >= 0.6 is 15.9 Å². The molecule has 0 spiro atoms. The van der Waals surface area contributed by atoms with Crippen LogP contribution in [-0.2, 0) is 10.2 Å². The van der Waals surface area contributed by atoms with Crippen molar-refractivity contribution in [2.24, 2.45) is 5.73 Å². The van der Waals surface area contributed by atoms with E-state index in [1.165, 1.54) is 6.07 Å². The number of nitrogens with one attached hydrogen (secondary N) is 1. The Hall–Kier alpha value is -0.980. The van der Waals surface area contributed by atoms with Gasteiger partial charge in [0.1, 0.15) is 11.9 Å². The molecular weight excluding hydrogens is 315 g/mol. The van der Waals surface area contributed by atoms with Crippen molar-refractivity contribution in [3.8, 4) is 0 Å². The molecule has 0 bridgehead atoms. The van der Waals surface area contributed by atoms with Crippen molar-refractivity contribution in [3.63, 3.8) is 0 Å². The summed E-state index contributed by atoms with van der Waals surface area (Å²) in [5.74, 6) is -1.34. The van der Waals surface area contributed by atoms with Crippen molar-refractivity contribution >= 4 is 21.9 Å². The van der Waals surface area contributed by atoms with Crippen LogP contribution < -0.4 is 11.1 Å². The van der Waals surface area contributed by atoms with Crippen LogP contribution in [0.25, 0.3) is 0 Å². The summed E-state index contributed by atoms with van der Waals surface area (Å²) in [5, 5.41) is 11.6. The monoisotopic (exact) mass is 332 g/mol. The molecule has 0 aliphatic carbocycles. The van der Waals surface area contributed by atoms with Gasteiger partial charge in [0.25, 0.3) is 0 Å². The summed E-state index contributed by atoms with van der Waals surface area (Å²) in [4.78, 5) is 10.6. The van der Waals surface area contributed by atoms with Gasteiger partial charge in [0.15, 0.2) is 0 Å². The number of halogens is 2. The fourth-order valence-electron chi connectivity index (χ4n) is 1.74. The third-order valence-electron chi connectivity index (χ3n) is 2.91. The number of carboxylic acids is 1. The van der Waals surface area contributed by atoms with Crippen molar-refractivity contribution in [3.05, 3.63) is 34.1 Å². The van der Waals surface area contributed by atoms with Gasteiger partial charge in [-0.25, -0.2) is 4.39 Å². The summed E-state index contributed by atoms with van der Waals surface area (Å²) in [6, 6.07) is 3.82. The molecule has 0 amide bonds. The number of aliphatic carboxylic acids is 1. The van der Waals surface area contributed by atoms with Gasteiger partial charge in [-0.1, -0.05) is 29.8 Å². The van der Waals surface area contributed by atoms with Gasteiger partial charge in [-0.15, -0.1) is 0 Å². The highest BCUT2D eigenvalue weighted by molar-refractivity contribution is 9.10. The zero-order valence-electron chi connectivity index (χ0n) is 10.9. The first-order chi connectivity index (χ1) is 8.74. The highest BCUT2D eigenvalue weighted by Crippen LogP contribution is 2.27. The van der Waals surface area contributed by atoms with Crippen molar-refractivity contribution in [2.75, 3.05) is 13.1 Å². The van der Waals surface area contributed by atoms with Crippen LogP contribution in [0.15, 0.2) is 22.7 Å². The van der Waals surface area contributed by atoms with E-state index in [9.17, 15) is 9.18 Å². The molecule has 19 heavy (non-hydrogen) atoms. The van der Waals surface area contributed by atoms with Crippen molar-refractivity contribution < 1.29 is 14.3 Å². The Morgan fingerprint density at radius 2 is 2.21 bits per heavy atom. The first-order valence-electron chi connectivity index (χ1n) is 5.88. The Bertz CT molecular complexity index is 466. The third-order valence-corrected chi connectivity index (χ3v) is 3.40. The lowest BCUT2D eigenvalue weighted by Gasteiger charge is -2.27. The standard InChI is InChI=1S/C13H18BrFN2O2/c1-13(2,7-17-6-11(16)12(18)19)9-5-8(14)3-4-10(9)15/h3-5,11,17H,6-7,16H2,1-2H3,(H,18,19). The average molecular weight is 333 g/mol. The lowest BCUT2D eigenvalue weighted by atomic mass is 9.84. The minimum atomic E-state index is -1.06. The third kappa shape index (κ3) is 4.56. The number of carbonyl (C=O) groups is 1. The second-order valence-corrected chi connectivity index (χ2v) is 6.00. The molecule has 4 nitrogen and oxygen atoms in total. The molecule has 0 aliphatic rings. The number of hydrogen-bond acceptors (Lipinski definition) is 3. The van der Waals surface area contributed by atoms with E-state index < -0.39 is 17.4 Å². The van der Waals surface area contributed by atoms with Gasteiger partial charge in [-0.2, -0.15) is 0 Å². The molecule has 106 valence electrons. The summed E-state index contributed by atoms with van der Waals surface area (Å²) < 4.78 is 14.6. The van der Waals surface area contributed by atoms with Crippen LogP contribution in [0.1, 0.15) is 19.4 Å². The van der Waals surface area contributed by atoms with Gasteiger partial charge in [0.2, 0.25) is 0 Å². The van der Waals surface area contributed by atoms with Gasteiger partial charge >= 0.3 is 5.97 Å². The largest absolute Gasteiger partial charge is 0.480 e. The fraction of sp³-hybridized carbons (Fsp3) is 0.462. The molecule has 0 aliphatic heterocycles. The Kier molecular flexibility index (Phi) is 5.46. The second-order valence-electron chi connectivity index (χ2n) is 5.08. The van der Waals surface area contributed by atoms with E-state index in [0.717, 1.165) is 4.47 Å². The van der Waals surface area contributed by atoms with Gasteiger partial charge in [-0.05, 0) is 23.8 Å². The molecule has 0 saturated heterocycles. The number of benzene rings is 1. The van der Waals surface area contributed by atoms with Crippen LogP contribution in [0, 0.1) is 5.82 Å². The maximum Gasteiger partial charge on any atom is 0.321 e. The molecule has 4 N–H and O–H groups in total. The zero-order valence-corrected chi connectivity index (χ0v) is 12.5. The summed E-state index contributed by atoms with van der Waals surface area (Å²) in [5.41, 5.74) is 5.50. The lowest BCUT2D eigenvalue weighted by molar-refractivity contribution is -0.138. The smallest absolute Gasteiger partial charge is 0.321 e. The van der Waals surface area contributed by atoms with E-state index in [0.29, 0.717) is 12.1 Å². The van der Waals surface area contributed by atoms with Crippen LogP contribution in [0.2, 0.25) is 0 Å². The SMILES string of the molecule is CC(C)(CNCC(N)C(=O)O)c1cc(Br)ccc1F. The molecule has 0 radical (unpaired) electrons.